The van der Waals surface area contributed by atoms with Gasteiger partial charge in [-0.3, -0.25) is 14.9 Å². The van der Waals surface area contributed by atoms with E-state index in [1.165, 1.54) is 10.7 Å². The maximum absolute atomic E-state index is 13.1. The van der Waals surface area contributed by atoms with E-state index in [-0.39, 0.29) is 23.4 Å². The predicted octanol–water partition coefficient (Wildman–Crippen LogP) is 3.79. The number of hydrogen-bond donors (Lipinski definition) is 2. The Morgan fingerprint density at radius 3 is 2.56 bits per heavy atom. The van der Waals surface area contributed by atoms with Crippen LogP contribution in [0, 0.1) is 24.0 Å². The molecule has 0 aliphatic carbocycles. The molecule has 0 radical (unpaired) electrons. The van der Waals surface area contributed by atoms with Crippen LogP contribution in [0.25, 0.3) is 5.69 Å². The first-order valence-corrected chi connectivity index (χ1v) is 14.0. The first-order valence-electron chi connectivity index (χ1n) is 12.5. The second-order valence-corrected chi connectivity index (χ2v) is 11.3. The molecule has 1 aromatic heterocycles. The second-order valence-electron chi connectivity index (χ2n) is 9.64. The summed E-state index contributed by atoms with van der Waals surface area (Å²) < 4.78 is 41.8. The van der Waals surface area contributed by atoms with E-state index in [2.05, 4.69) is 15.1 Å². The van der Waals surface area contributed by atoms with Crippen LogP contribution in [0.15, 0.2) is 47.4 Å². The fraction of sp³-hybridized carbons (Fsp3) is 0.385. The summed E-state index contributed by atoms with van der Waals surface area (Å²) in [6.45, 7) is 7.82. The van der Waals surface area contributed by atoms with Crippen molar-refractivity contribution in [2.45, 2.75) is 57.6 Å². The molecular weight excluding hydrogens is 526 g/mol. The topological polar surface area (TPSA) is 155 Å². The van der Waals surface area contributed by atoms with Gasteiger partial charge in [0.05, 0.1) is 16.7 Å². The minimum Gasteiger partial charge on any atom is -0.437 e. The molecule has 0 spiro atoms. The highest BCUT2D eigenvalue weighted by Gasteiger charge is 2.28. The largest absolute Gasteiger partial charge is 0.437 e. The molecular formula is C26H31N5O7S. The van der Waals surface area contributed by atoms with Gasteiger partial charge in [0, 0.05) is 36.9 Å². The van der Waals surface area contributed by atoms with Gasteiger partial charge in [-0.2, -0.15) is 9.78 Å². The number of ether oxygens (including phenoxy) is 2. The molecule has 12 nitrogen and oxygen atoms in total. The fourth-order valence-electron chi connectivity index (χ4n) is 4.16. The van der Waals surface area contributed by atoms with Crippen LogP contribution in [0.1, 0.15) is 48.3 Å². The first-order chi connectivity index (χ1) is 18.5. The number of aromatic nitrogens is 2. The molecule has 4 rings (SSSR count). The van der Waals surface area contributed by atoms with E-state index in [0.29, 0.717) is 24.4 Å². The molecule has 0 bridgehead atoms. The fourth-order valence-corrected chi connectivity index (χ4v) is 5.55. The molecule has 39 heavy (non-hydrogen) atoms. The number of hydrogen-bond acceptors (Lipinski definition) is 8. The number of nitrogens with one attached hydrogen (secondary N) is 2. The summed E-state index contributed by atoms with van der Waals surface area (Å²) in [6.07, 6.45) is 1.73. The summed E-state index contributed by atoms with van der Waals surface area (Å²) in [7, 11) is -4.19. The number of aryl methyl sites for hydroxylation is 1. The van der Waals surface area contributed by atoms with Crippen LogP contribution < -0.4 is 14.8 Å². The van der Waals surface area contributed by atoms with E-state index in [4.69, 9.17) is 9.47 Å². The van der Waals surface area contributed by atoms with E-state index >= 15 is 0 Å². The van der Waals surface area contributed by atoms with Crippen LogP contribution >= 0.6 is 0 Å². The Labute approximate surface area is 226 Å². The number of carbonyl (C=O) groups excluding carboxylic acids is 1. The predicted molar refractivity (Wildman–Crippen MR) is 143 cm³/mol. The quantitative estimate of drug-likeness (QED) is 0.282. The zero-order chi connectivity index (χ0) is 28.3. The molecule has 1 fully saturated rings. The van der Waals surface area contributed by atoms with E-state index in [0.717, 1.165) is 30.5 Å². The lowest BCUT2D eigenvalue weighted by Crippen LogP contribution is -2.32. The number of nitro benzene ring substituents is 1. The van der Waals surface area contributed by atoms with Gasteiger partial charge in [-0.1, -0.05) is 17.7 Å². The zero-order valence-corrected chi connectivity index (χ0v) is 22.9. The zero-order valence-electron chi connectivity index (χ0n) is 22.1. The SMILES string of the molecule is Cc1ccc(-n2nc(C(=O)NCC3CCCO3)c(C)c2Oc2ccc([N+](=O)[O-])cc2S(=O)(=O)NC(C)C)cc1. The molecule has 2 aromatic carbocycles. The maximum atomic E-state index is 13.1. The molecule has 1 aliphatic rings. The van der Waals surface area contributed by atoms with Gasteiger partial charge < -0.3 is 14.8 Å². The molecule has 1 amide bonds. The van der Waals surface area contributed by atoms with Crippen molar-refractivity contribution in [1.82, 2.24) is 19.8 Å². The van der Waals surface area contributed by atoms with Gasteiger partial charge in [0.15, 0.2) is 5.69 Å². The number of sulfonamides is 1. The van der Waals surface area contributed by atoms with Gasteiger partial charge in [0.25, 0.3) is 11.6 Å². The van der Waals surface area contributed by atoms with E-state index in [1.807, 2.05) is 19.1 Å². The molecule has 2 heterocycles. The van der Waals surface area contributed by atoms with Crippen molar-refractivity contribution in [3.05, 3.63) is 69.4 Å². The van der Waals surface area contributed by atoms with E-state index < -0.39 is 37.5 Å². The Kier molecular flexibility index (Phi) is 8.33. The van der Waals surface area contributed by atoms with Crippen LogP contribution in [0.2, 0.25) is 0 Å². The minimum absolute atomic E-state index is 0.0644. The summed E-state index contributed by atoms with van der Waals surface area (Å²) in [5.41, 5.74) is 1.62. The van der Waals surface area contributed by atoms with Crippen molar-refractivity contribution in [2.75, 3.05) is 13.2 Å². The van der Waals surface area contributed by atoms with Crippen molar-refractivity contribution < 1.29 is 27.6 Å². The lowest BCUT2D eigenvalue weighted by atomic mass is 10.2. The van der Waals surface area contributed by atoms with Crippen molar-refractivity contribution >= 4 is 21.6 Å². The van der Waals surface area contributed by atoms with Crippen molar-refractivity contribution in [3.63, 3.8) is 0 Å². The highest BCUT2D eigenvalue weighted by molar-refractivity contribution is 7.89. The van der Waals surface area contributed by atoms with Crippen LogP contribution in [-0.4, -0.2) is 54.3 Å². The number of amides is 1. The van der Waals surface area contributed by atoms with Gasteiger partial charge in [-0.15, -0.1) is 0 Å². The lowest BCUT2D eigenvalue weighted by molar-refractivity contribution is -0.385. The van der Waals surface area contributed by atoms with Crippen LogP contribution in [0.4, 0.5) is 5.69 Å². The number of nitrogens with zero attached hydrogens (tertiary/aromatic N) is 3. The Balaban J connectivity index is 1.79. The Hall–Kier alpha value is -3.81. The first kappa shape index (κ1) is 28.2. The average Bonchev–Trinajstić information content (AvgIpc) is 3.51. The Morgan fingerprint density at radius 1 is 1.23 bits per heavy atom. The monoisotopic (exact) mass is 557 g/mol. The smallest absolute Gasteiger partial charge is 0.272 e. The van der Waals surface area contributed by atoms with Crippen molar-refractivity contribution in [3.8, 4) is 17.3 Å². The summed E-state index contributed by atoms with van der Waals surface area (Å²) in [6, 6.07) is 10.1. The number of nitro groups is 1. The van der Waals surface area contributed by atoms with Crippen molar-refractivity contribution in [2.24, 2.45) is 0 Å². The molecule has 1 atom stereocenters. The summed E-state index contributed by atoms with van der Waals surface area (Å²) in [5.74, 6) is -0.496. The normalized spacial score (nSPS) is 15.5. The molecule has 1 unspecified atom stereocenters. The number of benzene rings is 2. The third-order valence-corrected chi connectivity index (χ3v) is 7.78. The average molecular weight is 558 g/mol. The van der Waals surface area contributed by atoms with Gasteiger partial charge in [-0.25, -0.2) is 13.1 Å². The molecule has 2 N–H and O–H groups in total. The summed E-state index contributed by atoms with van der Waals surface area (Å²) >= 11 is 0. The summed E-state index contributed by atoms with van der Waals surface area (Å²) in [5, 5.41) is 18.8. The van der Waals surface area contributed by atoms with Crippen molar-refractivity contribution in [1.29, 1.82) is 0 Å². The van der Waals surface area contributed by atoms with Crippen LogP contribution in [-0.2, 0) is 14.8 Å². The molecule has 1 aliphatic heterocycles. The third-order valence-electron chi connectivity index (χ3n) is 6.10. The number of rotatable bonds is 10. The lowest BCUT2D eigenvalue weighted by Gasteiger charge is -2.15. The number of non-ortho nitro benzene ring substituents is 1. The minimum atomic E-state index is -4.19. The van der Waals surface area contributed by atoms with Gasteiger partial charge in [-0.05, 0) is 58.7 Å². The van der Waals surface area contributed by atoms with Gasteiger partial charge in [0.1, 0.15) is 10.6 Å². The molecule has 0 saturated carbocycles. The molecule has 3 aromatic rings. The van der Waals surface area contributed by atoms with Crippen LogP contribution in [0.5, 0.6) is 11.6 Å². The van der Waals surface area contributed by atoms with E-state index in [9.17, 15) is 23.3 Å². The van der Waals surface area contributed by atoms with Gasteiger partial charge in [0.2, 0.25) is 15.9 Å². The number of carbonyl (C=O) groups is 1. The van der Waals surface area contributed by atoms with Crippen LogP contribution in [0.3, 0.4) is 0 Å². The highest BCUT2D eigenvalue weighted by Crippen LogP contribution is 2.35. The molecule has 208 valence electrons. The second kappa shape index (κ2) is 11.5. The maximum Gasteiger partial charge on any atom is 0.272 e. The molecule has 1 saturated heterocycles. The summed E-state index contributed by atoms with van der Waals surface area (Å²) in [4.78, 5) is 23.4. The Morgan fingerprint density at radius 2 is 1.95 bits per heavy atom. The van der Waals surface area contributed by atoms with Gasteiger partial charge >= 0.3 is 0 Å². The Bertz CT molecular complexity index is 1480. The highest BCUT2D eigenvalue weighted by atomic mass is 32.2. The molecule has 13 heteroatoms. The van der Waals surface area contributed by atoms with E-state index in [1.54, 1.807) is 32.9 Å². The standard InChI is InChI=1S/C26H31N5O7S/c1-16(2)29-39(35,36)23-14-20(31(33)34)11-12-22(23)38-26-18(4)24(25(32)27-15-21-6-5-13-37-21)28-30(26)19-9-7-17(3)8-10-19/h7-12,14,16,21,29H,5-6,13,15H2,1-4H3,(H,27,32). The third kappa shape index (κ3) is 6.44.